The van der Waals surface area contributed by atoms with Crippen LogP contribution in [0.1, 0.15) is 11.1 Å². The summed E-state index contributed by atoms with van der Waals surface area (Å²) >= 11 is 0. The maximum Gasteiger partial charge on any atom is 0.209 e. The van der Waals surface area contributed by atoms with Gasteiger partial charge in [0.2, 0.25) is 6.41 Å². The molecule has 0 N–H and O–H groups in total. The van der Waals surface area contributed by atoms with Crippen LogP contribution in [0.25, 0.3) is 0 Å². The molecule has 3 heterocycles. The molecule has 2 saturated heterocycles. The molecular weight excluding hydrogens is 228 g/mol. The molecule has 1 amide bonds. The van der Waals surface area contributed by atoms with Gasteiger partial charge in [-0.05, 0) is 18.6 Å². The number of hydrogen-bond acceptors (Lipinski definition) is 4. The molecule has 92 valence electrons. The van der Waals surface area contributed by atoms with Crippen molar-refractivity contribution in [2.24, 2.45) is 5.41 Å². The standard InChI is InChI=1S/C13H14N4O/c1-10-2-12(15-4-11(10)3-14)17-7-13(8-17)5-16(6-13)9-18/h2,4,9H,5-8H2,1H3. The Morgan fingerprint density at radius 2 is 2.17 bits per heavy atom. The number of aromatic nitrogens is 1. The van der Waals surface area contributed by atoms with Crippen molar-refractivity contribution in [3.8, 4) is 6.07 Å². The number of likely N-dealkylation sites (tertiary alicyclic amines) is 1. The Kier molecular flexibility index (Phi) is 2.27. The number of aryl methyl sites for hydroxylation is 1. The molecular formula is C13H14N4O. The minimum atomic E-state index is 0.296. The van der Waals surface area contributed by atoms with Crippen LogP contribution in [-0.4, -0.2) is 42.5 Å². The fourth-order valence-electron chi connectivity index (χ4n) is 2.85. The number of nitrogens with zero attached hydrogens (tertiary/aromatic N) is 4. The molecule has 0 bridgehead atoms. The van der Waals surface area contributed by atoms with Gasteiger partial charge >= 0.3 is 0 Å². The zero-order valence-electron chi connectivity index (χ0n) is 10.3. The summed E-state index contributed by atoms with van der Waals surface area (Å²) in [5.41, 5.74) is 1.89. The number of pyridine rings is 1. The SMILES string of the molecule is Cc1cc(N2CC3(CN(C=O)C3)C2)ncc1C#N. The van der Waals surface area contributed by atoms with Crippen molar-refractivity contribution in [2.75, 3.05) is 31.1 Å². The number of carbonyl (C=O) groups is 1. The van der Waals surface area contributed by atoms with Gasteiger partial charge in [0.1, 0.15) is 11.9 Å². The van der Waals surface area contributed by atoms with Crippen LogP contribution in [0.3, 0.4) is 0 Å². The smallest absolute Gasteiger partial charge is 0.209 e. The van der Waals surface area contributed by atoms with Gasteiger partial charge in [-0.2, -0.15) is 5.26 Å². The lowest BCUT2D eigenvalue weighted by molar-refractivity contribution is -0.130. The van der Waals surface area contributed by atoms with Crippen molar-refractivity contribution in [2.45, 2.75) is 6.92 Å². The second-order valence-corrected chi connectivity index (χ2v) is 5.34. The van der Waals surface area contributed by atoms with Crippen molar-refractivity contribution in [3.63, 3.8) is 0 Å². The highest BCUT2D eigenvalue weighted by molar-refractivity contribution is 5.54. The zero-order valence-corrected chi connectivity index (χ0v) is 10.3. The van der Waals surface area contributed by atoms with Crippen LogP contribution in [0.15, 0.2) is 12.3 Å². The van der Waals surface area contributed by atoms with Crippen LogP contribution in [0.2, 0.25) is 0 Å². The number of hydrogen-bond donors (Lipinski definition) is 0. The van der Waals surface area contributed by atoms with E-state index in [1.807, 2.05) is 13.0 Å². The Morgan fingerprint density at radius 3 is 2.72 bits per heavy atom. The summed E-state index contributed by atoms with van der Waals surface area (Å²) in [6.07, 6.45) is 2.55. The van der Waals surface area contributed by atoms with Crippen LogP contribution in [-0.2, 0) is 4.79 Å². The maximum absolute atomic E-state index is 10.6. The lowest BCUT2D eigenvalue weighted by Crippen LogP contribution is -2.72. The van der Waals surface area contributed by atoms with E-state index in [0.717, 1.165) is 44.0 Å². The predicted molar refractivity (Wildman–Crippen MR) is 66.0 cm³/mol. The highest BCUT2D eigenvalue weighted by Crippen LogP contribution is 2.40. The molecule has 0 saturated carbocycles. The first-order chi connectivity index (χ1) is 8.65. The van der Waals surface area contributed by atoms with Crippen LogP contribution < -0.4 is 4.90 Å². The van der Waals surface area contributed by atoms with E-state index in [2.05, 4.69) is 16.0 Å². The van der Waals surface area contributed by atoms with E-state index in [4.69, 9.17) is 5.26 Å². The molecule has 3 rings (SSSR count). The topological polar surface area (TPSA) is 60.2 Å². The molecule has 0 aromatic carbocycles. The molecule has 2 fully saturated rings. The summed E-state index contributed by atoms with van der Waals surface area (Å²) in [5, 5.41) is 8.86. The fraction of sp³-hybridized carbons (Fsp3) is 0.462. The second kappa shape index (κ2) is 3.70. The van der Waals surface area contributed by atoms with Crippen molar-refractivity contribution in [1.82, 2.24) is 9.88 Å². The molecule has 0 aliphatic carbocycles. The van der Waals surface area contributed by atoms with E-state index in [1.165, 1.54) is 0 Å². The minimum absolute atomic E-state index is 0.296. The lowest BCUT2D eigenvalue weighted by Gasteiger charge is -2.59. The van der Waals surface area contributed by atoms with E-state index in [9.17, 15) is 4.79 Å². The van der Waals surface area contributed by atoms with Gasteiger partial charge < -0.3 is 9.80 Å². The lowest BCUT2D eigenvalue weighted by atomic mass is 9.73. The highest BCUT2D eigenvalue weighted by Gasteiger charge is 2.51. The third-order valence-corrected chi connectivity index (χ3v) is 3.82. The van der Waals surface area contributed by atoms with Gasteiger partial charge in [0.25, 0.3) is 0 Å². The van der Waals surface area contributed by atoms with E-state index < -0.39 is 0 Å². The maximum atomic E-state index is 10.6. The van der Waals surface area contributed by atoms with Gasteiger partial charge in [0.15, 0.2) is 0 Å². The van der Waals surface area contributed by atoms with Gasteiger partial charge in [-0.3, -0.25) is 4.79 Å². The first-order valence-corrected chi connectivity index (χ1v) is 5.97. The summed E-state index contributed by atoms with van der Waals surface area (Å²) in [6, 6.07) is 4.08. The van der Waals surface area contributed by atoms with E-state index in [1.54, 1.807) is 11.1 Å². The van der Waals surface area contributed by atoms with Crippen molar-refractivity contribution < 1.29 is 4.79 Å². The first-order valence-electron chi connectivity index (χ1n) is 5.97. The van der Waals surface area contributed by atoms with Crippen LogP contribution in [0.4, 0.5) is 5.82 Å². The molecule has 2 aliphatic rings. The van der Waals surface area contributed by atoms with Gasteiger partial charge in [-0.15, -0.1) is 0 Å². The molecule has 1 spiro atoms. The largest absolute Gasteiger partial charge is 0.355 e. The fourth-order valence-corrected chi connectivity index (χ4v) is 2.85. The Labute approximate surface area is 106 Å². The van der Waals surface area contributed by atoms with Crippen molar-refractivity contribution >= 4 is 12.2 Å². The predicted octanol–water partition coefficient (Wildman–Crippen LogP) is 0.540. The van der Waals surface area contributed by atoms with E-state index in [0.29, 0.717) is 11.0 Å². The summed E-state index contributed by atoms with van der Waals surface area (Å²) in [7, 11) is 0. The van der Waals surface area contributed by atoms with E-state index in [-0.39, 0.29) is 0 Å². The monoisotopic (exact) mass is 242 g/mol. The Morgan fingerprint density at radius 1 is 1.44 bits per heavy atom. The normalized spacial score (nSPS) is 20.0. The number of nitriles is 1. The number of rotatable bonds is 2. The summed E-state index contributed by atoms with van der Waals surface area (Å²) < 4.78 is 0. The van der Waals surface area contributed by atoms with E-state index >= 15 is 0 Å². The van der Waals surface area contributed by atoms with Gasteiger partial charge in [-0.25, -0.2) is 4.98 Å². The third kappa shape index (κ3) is 1.53. The summed E-state index contributed by atoms with van der Waals surface area (Å²) in [4.78, 5) is 18.9. The van der Waals surface area contributed by atoms with Crippen LogP contribution >= 0.6 is 0 Å². The molecule has 1 aromatic heterocycles. The molecule has 18 heavy (non-hydrogen) atoms. The molecule has 0 atom stereocenters. The average Bonchev–Trinajstić information content (AvgIpc) is 2.26. The van der Waals surface area contributed by atoms with Gasteiger partial charge in [0, 0.05) is 37.8 Å². The molecule has 1 aromatic rings. The first kappa shape index (κ1) is 11.0. The Bertz CT molecular complexity index is 534. The zero-order chi connectivity index (χ0) is 12.8. The molecule has 5 heteroatoms. The Hall–Kier alpha value is -2.09. The number of amides is 1. The highest BCUT2D eigenvalue weighted by atomic mass is 16.1. The third-order valence-electron chi connectivity index (χ3n) is 3.82. The molecule has 2 aliphatic heterocycles. The van der Waals surface area contributed by atoms with Crippen LogP contribution in [0, 0.1) is 23.7 Å². The van der Waals surface area contributed by atoms with Crippen molar-refractivity contribution in [3.05, 3.63) is 23.4 Å². The van der Waals surface area contributed by atoms with Gasteiger partial charge in [0.05, 0.1) is 5.56 Å². The number of anilines is 1. The second-order valence-electron chi connectivity index (χ2n) is 5.34. The molecule has 0 unspecified atom stereocenters. The van der Waals surface area contributed by atoms with Crippen LogP contribution in [0.5, 0.6) is 0 Å². The summed E-state index contributed by atoms with van der Waals surface area (Å²) in [5.74, 6) is 0.932. The molecule has 0 radical (unpaired) electrons. The number of carbonyl (C=O) groups excluding carboxylic acids is 1. The Balaban J connectivity index is 1.67. The van der Waals surface area contributed by atoms with Crippen molar-refractivity contribution in [1.29, 1.82) is 5.26 Å². The van der Waals surface area contributed by atoms with Gasteiger partial charge in [-0.1, -0.05) is 0 Å². The minimum Gasteiger partial charge on any atom is -0.355 e. The summed E-state index contributed by atoms with van der Waals surface area (Å²) in [6.45, 7) is 5.56. The molecule has 5 nitrogen and oxygen atoms in total. The quantitative estimate of drug-likeness (QED) is 0.710. The average molecular weight is 242 g/mol.